The third-order valence-corrected chi connectivity index (χ3v) is 7.16. The van der Waals surface area contributed by atoms with Crippen molar-refractivity contribution in [1.29, 1.82) is 0 Å². The summed E-state index contributed by atoms with van der Waals surface area (Å²) >= 11 is 1.41. The van der Waals surface area contributed by atoms with E-state index in [-0.39, 0.29) is 27.1 Å². The lowest BCUT2D eigenvalue weighted by Gasteiger charge is -2.11. The lowest BCUT2D eigenvalue weighted by molar-refractivity contribution is -0.136. The molecular formula is C20H16FN3O4S2. The van der Waals surface area contributed by atoms with Gasteiger partial charge in [0.25, 0.3) is 10.0 Å². The van der Waals surface area contributed by atoms with Crippen LogP contribution in [0.1, 0.15) is 11.3 Å². The maximum Gasteiger partial charge on any atom is 0.307 e. The average Bonchev–Trinajstić information content (AvgIpc) is 3.29. The number of halogens is 1. The number of nitrogens with zero attached hydrogens (tertiary/aromatic N) is 2. The Labute approximate surface area is 175 Å². The summed E-state index contributed by atoms with van der Waals surface area (Å²) in [6, 6.07) is 9.81. The molecule has 0 atom stereocenters. The Morgan fingerprint density at radius 3 is 2.60 bits per heavy atom. The molecule has 30 heavy (non-hydrogen) atoms. The fraction of sp³-hybridized carbons (Fsp3) is 0.100. The van der Waals surface area contributed by atoms with Gasteiger partial charge in [-0.05, 0) is 55.0 Å². The van der Waals surface area contributed by atoms with E-state index in [4.69, 9.17) is 0 Å². The van der Waals surface area contributed by atoms with Crippen molar-refractivity contribution >= 4 is 49.1 Å². The van der Waals surface area contributed by atoms with Gasteiger partial charge in [0, 0.05) is 28.3 Å². The van der Waals surface area contributed by atoms with Crippen LogP contribution in [0.3, 0.4) is 0 Å². The Morgan fingerprint density at radius 2 is 1.97 bits per heavy atom. The van der Waals surface area contributed by atoms with Crippen LogP contribution in [0, 0.1) is 12.7 Å². The number of carbonyl (C=O) groups is 1. The van der Waals surface area contributed by atoms with E-state index in [9.17, 15) is 22.7 Å². The molecule has 0 fully saturated rings. The molecule has 2 N–H and O–H groups in total. The number of benzene rings is 2. The minimum Gasteiger partial charge on any atom is -0.481 e. The molecule has 0 amide bonds. The van der Waals surface area contributed by atoms with Gasteiger partial charge in [-0.15, -0.1) is 11.3 Å². The Kier molecular flexibility index (Phi) is 5.04. The number of nitrogens with one attached hydrogen (secondary N) is 1. The van der Waals surface area contributed by atoms with Gasteiger partial charge in [0.2, 0.25) is 0 Å². The fourth-order valence-electron chi connectivity index (χ4n) is 3.33. The van der Waals surface area contributed by atoms with Crippen LogP contribution in [0.25, 0.3) is 10.9 Å². The molecule has 154 valence electrons. The van der Waals surface area contributed by atoms with Crippen LogP contribution in [0.15, 0.2) is 58.9 Å². The molecule has 0 aliphatic carbocycles. The van der Waals surface area contributed by atoms with Gasteiger partial charge < -0.3 is 10.4 Å². The minimum atomic E-state index is -4.04. The summed E-state index contributed by atoms with van der Waals surface area (Å²) < 4.78 is 41.6. The van der Waals surface area contributed by atoms with E-state index in [2.05, 4.69) is 10.3 Å². The second-order valence-electron chi connectivity index (χ2n) is 6.55. The molecule has 0 aliphatic heterocycles. The van der Waals surface area contributed by atoms with Gasteiger partial charge in [0.15, 0.2) is 5.13 Å². The number of carboxylic acids is 1. The van der Waals surface area contributed by atoms with Crippen LogP contribution in [0.2, 0.25) is 0 Å². The highest BCUT2D eigenvalue weighted by atomic mass is 32.2. The van der Waals surface area contributed by atoms with Crippen LogP contribution in [0.4, 0.5) is 15.2 Å². The smallest absolute Gasteiger partial charge is 0.307 e. The van der Waals surface area contributed by atoms with Crippen LogP contribution in [0.5, 0.6) is 0 Å². The SMILES string of the molecule is Cc1c(CC(=O)O)c2cc(F)ccc2n1S(=O)(=O)c1ccc(Nc2nccs2)cc1. The summed E-state index contributed by atoms with van der Waals surface area (Å²) in [5.74, 6) is -1.70. The zero-order valence-corrected chi connectivity index (χ0v) is 17.3. The van der Waals surface area contributed by atoms with E-state index < -0.39 is 28.2 Å². The standard InChI is InChI=1S/C20H16FN3O4S2/c1-12-16(11-19(25)26)17-10-13(21)2-7-18(17)24(12)30(27,28)15-5-3-14(4-6-15)23-20-22-8-9-29-20/h2-10H,11H2,1H3,(H,22,23)(H,25,26). The minimum absolute atomic E-state index is 0.0263. The predicted octanol–water partition coefficient (Wildman–Crippen LogP) is 4.15. The van der Waals surface area contributed by atoms with Crippen molar-refractivity contribution in [3.63, 3.8) is 0 Å². The fourth-order valence-corrected chi connectivity index (χ4v) is 5.46. The first-order valence-electron chi connectivity index (χ1n) is 8.81. The number of aliphatic carboxylic acids is 1. The van der Waals surface area contributed by atoms with Gasteiger partial charge in [0.05, 0.1) is 16.8 Å². The molecule has 4 aromatic rings. The molecule has 2 aromatic heterocycles. The van der Waals surface area contributed by atoms with Crippen molar-refractivity contribution in [3.8, 4) is 0 Å². The maximum absolute atomic E-state index is 13.8. The largest absolute Gasteiger partial charge is 0.481 e. The van der Waals surface area contributed by atoms with Crippen molar-refractivity contribution < 1.29 is 22.7 Å². The Hall–Kier alpha value is -3.24. The molecule has 0 saturated heterocycles. The molecule has 2 heterocycles. The molecule has 10 heteroatoms. The van der Waals surface area contributed by atoms with Crippen molar-refractivity contribution in [3.05, 3.63) is 71.1 Å². The zero-order valence-electron chi connectivity index (χ0n) is 15.7. The molecular weight excluding hydrogens is 429 g/mol. The highest BCUT2D eigenvalue weighted by Crippen LogP contribution is 2.31. The number of hydrogen-bond donors (Lipinski definition) is 2. The lowest BCUT2D eigenvalue weighted by Crippen LogP contribution is -2.15. The number of hydrogen-bond acceptors (Lipinski definition) is 6. The van der Waals surface area contributed by atoms with E-state index in [1.54, 1.807) is 18.3 Å². The quantitative estimate of drug-likeness (QED) is 0.462. The average molecular weight is 445 g/mol. The van der Waals surface area contributed by atoms with Gasteiger partial charge in [-0.2, -0.15) is 0 Å². The van der Waals surface area contributed by atoms with E-state index >= 15 is 0 Å². The number of aromatic nitrogens is 2. The Bertz CT molecular complexity index is 1350. The monoisotopic (exact) mass is 445 g/mol. The summed E-state index contributed by atoms with van der Waals surface area (Å²) in [6.07, 6.45) is 1.24. The van der Waals surface area contributed by atoms with Gasteiger partial charge in [-0.25, -0.2) is 21.8 Å². The zero-order chi connectivity index (χ0) is 21.5. The summed E-state index contributed by atoms with van der Waals surface area (Å²) in [4.78, 5) is 15.4. The van der Waals surface area contributed by atoms with Crippen molar-refractivity contribution in [2.75, 3.05) is 5.32 Å². The number of carboxylic acid groups (broad SMARTS) is 1. The number of fused-ring (bicyclic) bond motifs is 1. The van der Waals surface area contributed by atoms with Crippen LogP contribution in [-0.4, -0.2) is 28.5 Å². The van der Waals surface area contributed by atoms with Crippen molar-refractivity contribution in [2.24, 2.45) is 0 Å². The molecule has 0 saturated carbocycles. The maximum atomic E-state index is 13.8. The van der Waals surface area contributed by atoms with E-state index in [0.29, 0.717) is 10.8 Å². The molecule has 2 aromatic carbocycles. The highest BCUT2D eigenvalue weighted by Gasteiger charge is 2.26. The van der Waals surface area contributed by atoms with E-state index in [1.807, 2.05) is 5.38 Å². The van der Waals surface area contributed by atoms with Crippen LogP contribution >= 0.6 is 11.3 Å². The summed E-state index contributed by atoms with van der Waals surface area (Å²) in [6.45, 7) is 1.52. The van der Waals surface area contributed by atoms with Gasteiger partial charge in [-0.1, -0.05) is 0 Å². The van der Waals surface area contributed by atoms with Crippen molar-refractivity contribution in [2.45, 2.75) is 18.2 Å². The van der Waals surface area contributed by atoms with Crippen LogP contribution in [-0.2, 0) is 21.2 Å². The molecule has 0 aliphatic rings. The van der Waals surface area contributed by atoms with Gasteiger partial charge in [-0.3, -0.25) is 4.79 Å². The number of thiazole rings is 1. The first kappa shape index (κ1) is 20.0. The van der Waals surface area contributed by atoms with Gasteiger partial charge in [0.1, 0.15) is 5.82 Å². The van der Waals surface area contributed by atoms with E-state index in [1.165, 1.54) is 36.5 Å². The second-order valence-corrected chi connectivity index (χ2v) is 9.23. The molecule has 4 rings (SSSR count). The third kappa shape index (κ3) is 3.55. The van der Waals surface area contributed by atoms with E-state index in [0.717, 1.165) is 16.1 Å². The Morgan fingerprint density at radius 1 is 1.23 bits per heavy atom. The summed E-state index contributed by atoms with van der Waals surface area (Å²) in [7, 11) is -4.04. The summed E-state index contributed by atoms with van der Waals surface area (Å²) in [5.41, 5.74) is 1.41. The first-order chi connectivity index (χ1) is 14.3. The number of rotatable bonds is 6. The molecule has 0 unspecified atom stereocenters. The first-order valence-corrected chi connectivity index (χ1v) is 11.1. The molecule has 0 spiro atoms. The molecule has 7 nitrogen and oxygen atoms in total. The molecule has 0 bridgehead atoms. The van der Waals surface area contributed by atoms with Crippen molar-refractivity contribution in [1.82, 2.24) is 8.96 Å². The number of anilines is 2. The highest BCUT2D eigenvalue weighted by molar-refractivity contribution is 7.90. The molecule has 0 radical (unpaired) electrons. The van der Waals surface area contributed by atoms with Crippen LogP contribution < -0.4 is 5.32 Å². The lowest BCUT2D eigenvalue weighted by atomic mass is 10.1. The predicted molar refractivity (Wildman–Crippen MR) is 112 cm³/mol. The third-order valence-electron chi connectivity index (χ3n) is 4.65. The topological polar surface area (TPSA) is 101 Å². The second kappa shape index (κ2) is 7.54. The summed E-state index contributed by atoms with van der Waals surface area (Å²) in [5, 5.41) is 15.1. The Balaban J connectivity index is 1.81. The normalized spacial score (nSPS) is 11.7. The van der Waals surface area contributed by atoms with Gasteiger partial charge >= 0.3 is 5.97 Å².